The average Bonchev–Trinajstić information content (AvgIpc) is 2.92. The summed E-state index contributed by atoms with van der Waals surface area (Å²) >= 11 is 0. The van der Waals surface area contributed by atoms with E-state index in [1.807, 2.05) is 36.1 Å². The lowest BCUT2D eigenvalue weighted by Gasteiger charge is -2.36. The maximum atomic E-state index is 13.5. The number of nitrogens with one attached hydrogen (secondary N) is 1. The fraction of sp³-hybridized carbons (Fsp3) is 0.481. The Balaban J connectivity index is 1.35. The summed E-state index contributed by atoms with van der Waals surface area (Å²) in [5, 5.41) is 3.44. The Hall–Kier alpha value is -3.43. The van der Waals surface area contributed by atoms with Crippen LogP contribution in [0.5, 0.6) is 0 Å². The maximum absolute atomic E-state index is 13.5. The summed E-state index contributed by atoms with van der Waals surface area (Å²) in [7, 11) is 0. The molecule has 1 aliphatic carbocycles. The van der Waals surface area contributed by atoms with Gasteiger partial charge in [-0.15, -0.1) is 0 Å². The minimum absolute atomic E-state index is 0.0273. The lowest BCUT2D eigenvalue weighted by Crippen LogP contribution is -2.48. The van der Waals surface area contributed by atoms with Gasteiger partial charge in [0, 0.05) is 44.5 Å². The number of anilines is 3. The molecule has 0 atom stereocenters. The minimum Gasteiger partial charge on any atom is -0.354 e. The largest absolute Gasteiger partial charge is 0.419 e. The molecule has 196 valence electrons. The van der Waals surface area contributed by atoms with Crippen LogP contribution >= 0.6 is 0 Å². The summed E-state index contributed by atoms with van der Waals surface area (Å²) in [6, 6.07) is 10.4. The number of aromatic nitrogens is 4. The average molecular weight is 512 g/mol. The van der Waals surface area contributed by atoms with Crippen molar-refractivity contribution in [2.45, 2.75) is 45.2 Å². The Morgan fingerprint density at radius 3 is 2.30 bits per heavy atom. The molecule has 1 saturated carbocycles. The Bertz CT molecular complexity index is 1190. The molecule has 10 heteroatoms. The van der Waals surface area contributed by atoms with E-state index in [2.05, 4.69) is 10.3 Å². The van der Waals surface area contributed by atoms with E-state index in [9.17, 15) is 13.2 Å². The molecular weight excluding hydrogens is 479 g/mol. The van der Waals surface area contributed by atoms with Gasteiger partial charge in [-0.2, -0.15) is 28.1 Å². The van der Waals surface area contributed by atoms with E-state index in [4.69, 9.17) is 15.0 Å². The molecule has 0 spiro atoms. The van der Waals surface area contributed by atoms with Crippen molar-refractivity contribution in [3.63, 3.8) is 0 Å². The van der Waals surface area contributed by atoms with E-state index >= 15 is 0 Å². The summed E-state index contributed by atoms with van der Waals surface area (Å²) in [6.45, 7) is 4.59. The van der Waals surface area contributed by atoms with E-state index in [0.717, 1.165) is 23.7 Å². The normalized spacial score (nSPS) is 17.2. The minimum atomic E-state index is -4.45. The first kappa shape index (κ1) is 25.2. The fourth-order valence-corrected chi connectivity index (χ4v) is 5.03. The van der Waals surface area contributed by atoms with Crippen LogP contribution in [0.2, 0.25) is 0 Å². The summed E-state index contributed by atoms with van der Waals surface area (Å²) in [5.74, 6) is 2.25. The van der Waals surface area contributed by atoms with E-state index in [1.54, 1.807) is 4.90 Å². The Morgan fingerprint density at radius 1 is 0.892 bits per heavy atom. The highest BCUT2D eigenvalue weighted by Crippen LogP contribution is 2.35. The molecule has 1 saturated heterocycles. The van der Waals surface area contributed by atoms with Crippen LogP contribution in [0.1, 0.15) is 43.2 Å². The van der Waals surface area contributed by atoms with Gasteiger partial charge in [-0.25, -0.2) is 4.98 Å². The van der Waals surface area contributed by atoms with Crippen molar-refractivity contribution < 1.29 is 13.2 Å². The van der Waals surface area contributed by atoms with Gasteiger partial charge in [-0.3, -0.25) is 0 Å². The highest BCUT2D eigenvalue weighted by atomic mass is 19.4. The molecule has 37 heavy (non-hydrogen) atoms. The molecule has 3 aromatic rings. The van der Waals surface area contributed by atoms with Gasteiger partial charge < -0.3 is 15.1 Å². The third-order valence-corrected chi connectivity index (χ3v) is 7.16. The van der Waals surface area contributed by atoms with Crippen LogP contribution in [0.4, 0.5) is 30.9 Å². The molecule has 0 amide bonds. The van der Waals surface area contributed by atoms with Crippen LogP contribution in [0, 0.1) is 12.8 Å². The number of piperazine rings is 1. The number of pyridine rings is 1. The number of hydrogen-bond donors (Lipinski definition) is 1. The first-order chi connectivity index (χ1) is 17.9. The number of hydrogen-bond acceptors (Lipinski definition) is 7. The summed E-state index contributed by atoms with van der Waals surface area (Å²) in [6.07, 6.45) is 3.22. The molecule has 7 nitrogen and oxygen atoms in total. The Labute approximate surface area is 215 Å². The number of nitrogens with zero attached hydrogens (tertiary/aromatic N) is 6. The molecule has 2 aliphatic rings. The smallest absolute Gasteiger partial charge is 0.354 e. The molecule has 5 rings (SSSR count). The van der Waals surface area contributed by atoms with Crippen molar-refractivity contribution in [2.75, 3.05) is 47.8 Å². The van der Waals surface area contributed by atoms with Crippen molar-refractivity contribution in [3.8, 4) is 11.4 Å². The zero-order chi connectivity index (χ0) is 25.8. The number of halogens is 3. The quantitative estimate of drug-likeness (QED) is 0.463. The molecular formula is C27H32F3N7. The van der Waals surface area contributed by atoms with Gasteiger partial charge >= 0.3 is 6.18 Å². The second kappa shape index (κ2) is 10.9. The molecule has 2 aromatic heterocycles. The van der Waals surface area contributed by atoms with E-state index < -0.39 is 11.7 Å². The van der Waals surface area contributed by atoms with Gasteiger partial charge in [-0.1, -0.05) is 49.1 Å². The van der Waals surface area contributed by atoms with Crippen molar-refractivity contribution in [1.82, 2.24) is 19.9 Å². The van der Waals surface area contributed by atoms with Crippen molar-refractivity contribution in [1.29, 1.82) is 0 Å². The predicted octanol–water partition coefficient (Wildman–Crippen LogP) is 5.58. The number of aryl methyl sites for hydroxylation is 1. The monoisotopic (exact) mass is 511 g/mol. The summed E-state index contributed by atoms with van der Waals surface area (Å²) in [4.78, 5) is 21.9. The van der Waals surface area contributed by atoms with Crippen molar-refractivity contribution in [3.05, 3.63) is 53.7 Å². The van der Waals surface area contributed by atoms with Crippen LogP contribution in [0.25, 0.3) is 11.4 Å². The molecule has 1 aromatic carbocycles. The lowest BCUT2D eigenvalue weighted by atomic mass is 9.89. The third-order valence-electron chi connectivity index (χ3n) is 7.16. The van der Waals surface area contributed by atoms with E-state index in [1.165, 1.54) is 44.4 Å². The van der Waals surface area contributed by atoms with Gasteiger partial charge in [0.2, 0.25) is 11.9 Å². The first-order valence-electron chi connectivity index (χ1n) is 13.0. The van der Waals surface area contributed by atoms with Crippen LogP contribution in [0.15, 0.2) is 42.6 Å². The topological polar surface area (TPSA) is 70.1 Å². The lowest BCUT2D eigenvalue weighted by molar-refractivity contribution is -0.137. The predicted molar refractivity (Wildman–Crippen MR) is 139 cm³/mol. The Kier molecular flexibility index (Phi) is 7.43. The first-order valence-corrected chi connectivity index (χ1v) is 13.0. The second-order valence-electron chi connectivity index (χ2n) is 9.88. The van der Waals surface area contributed by atoms with Crippen molar-refractivity contribution >= 4 is 17.7 Å². The van der Waals surface area contributed by atoms with Crippen molar-refractivity contribution in [2.24, 2.45) is 5.92 Å². The van der Waals surface area contributed by atoms with Crippen LogP contribution in [-0.2, 0) is 6.18 Å². The van der Waals surface area contributed by atoms with E-state index in [0.29, 0.717) is 49.8 Å². The SMILES string of the molecule is Cc1ccc(-c2nc(NCC3CCCCC3)nc(N3CCN(c4ncccc4C(F)(F)F)CC3)n2)cc1. The highest BCUT2D eigenvalue weighted by Gasteiger charge is 2.36. The highest BCUT2D eigenvalue weighted by molar-refractivity contribution is 5.59. The molecule has 3 heterocycles. The summed E-state index contributed by atoms with van der Waals surface area (Å²) < 4.78 is 40.5. The molecule has 0 radical (unpaired) electrons. The maximum Gasteiger partial charge on any atom is 0.419 e. The van der Waals surface area contributed by atoms with Crippen LogP contribution in [0.3, 0.4) is 0 Å². The molecule has 2 fully saturated rings. The third kappa shape index (κ3) is 6.11. The van der Waals surface area contributed by atoms with Crippen LogP contribution in [-0.4, -0.2) is 52.7 Å². The molecule has 1 N–H and O–H groups in total. The number of alkyl halides is 3. The van der Waals surface area contributed by atoms with E-state index in [-0.39, 0.29) is 5.82 Å². The Morgan fingerprint density at radius 2 is 1.59 bits per heavy atom. The number of rotatable bonds is 6. The van der Waals surface area contributed by atoms with Gasteiger partial charge in [0.25, 0.3) is 0 Å². The zero-order valence-electron chi connectivity index (χ0n) is 21.0. The summed E-state index contributed by atoms with van der Waals surface area (Å²) in [5.41, 5.74) is 1.34. The van der Waals surface area contributed by atoms with Gasteiger partial charge in [0.15, 0.2) is 5.82 Å². The molecule has 0 bridgehead atoms. The fourth-order valence-electron chi connectivity index (χ4n) is 5.03. The van der Waals surface area contributed by atoms with Gasteiger partial charge in [0.05, 0.1) is 5.56 Å². The molecule has 1 aliphatic heterocycles. The van der Waals surface area contributed by atoms with Gasteiger partial charge in [-0.05, 0) is 37.8 Å². The second-order valence-corrected chi connectivity index (χ2v) is 9.88. The standard InChI is InChI=1S/C27H32F3N7/c1-19-9-11-21(12-10-19)23-33-25(32-18-20-6-3-2-4-7-20)35-26(34-23)37-16-14-36(15-17-37)24-22(27(28,29)30)8-5-13-31-24/h5,8-13,20H,2-4,6-7,14-18H2,1H3,(H,32,33,34,35). The van der Waals surface area contributed by atoms with Gasteiger partial charge in [0.1, 0.15) is 5.82 Å². The van der Waals surface area contributed by atoms with Crippen LogP contribution < -0.4 is 15.1 Å². The number of benzene rings is 1. The zero-order valence-corrected chi connectivity index (χ0v) is 21.0. The molecule has 0 unspecified atom stereocenters.